The number of aryl methyl sites for hydroxylation is 2. The number of rotatable bonds is 2. The summed E-state index contributed by atoms with van der Waals surface area (Å²) in [6.45, 7) is 6.75. The average Bonchev–Trinajstić information content (AvgIpc) is 2.99. The lowest BCUT2D eigenvalue weighted by Gasteiger charge is -2.20. The molecule has 5 rings (SSSR count). The second-order valence-electron chi connectivity index (χ2n) is 7.73. The Morgan fingerprint density at radius 3 is 2.77 bits per heavy atom. The maximum Gasteiger partial charge on any atom is 0.257 e. The molecule has 0 unspecified atom stereocenters. The van der Waals surface area contributed by atoms with E-state index in [0.717, 1.165) is 17.9 Å². The maximum absolute atomic E-state index is 6.51. The Morgan fingerprint density at radius 2 is 1.96 bits per heavy atom. The van der Waals surface area contributed by atoms with Gasteiger partial charge in [0, 0.05) is 10.3 Å². The van der Waals surface area contributed by atoms with Gasteiger partial charge in [0.25, 0.3) is 5.69 Å². The lowest BCUT2D eigenvalue weighted by Crippen LogP contribution is -2.32. The van der Waals surface area contributed by atoms with Crippen LogP contribution in [0.3, 0.4) is 0 Å². The van der Waals surface area contributed by atoms with Gasteiger partial charge >= 0.3 is 0 Å². The number of nitrogens with zero attached hydrogens (tertiary/aromatic N) is 1. The molecule has 2 aromatic carbocycles. The minimum absolute atomic E-state index is 0.658. The molecule has 130 valence electrons. The van der Waals surface area contributed by atoms with Crippen molar-refractivity contribution >= 4 is 32.2 Å². The van der Waals surface area contributed by atoms with Gasteiger partial charge < -0.3 is 4.74 Å². The Balaban J connectivity index is 1.87. The van der Waals surface area contributed by atoms with Gasteiger partial charge in [0.1, 0.15) is 12.8 Å². The molecule has 0 radical (unpaired) electrons. The van der Waals surface area contributed by atoms with Gasteiger partial charge in [-0.15, -0.1) is 11.3 Å². The minimum atomic E-state index is 0.658. The van der Waals surface area contributed by atoms with Gasteiger partial charge in [0.2, 0.25) is 5.75 Å². The van der Waals surface area contributed by atoms with E-state index in [1.54, 1.807) is 0 Å². The Bertz CT molecular complexity index is 1190. The molecule has 1 aliphatic rings. The first-order chi connectivity index (χ1) is 12.5. The molecule has 0 atom stereocenters. The summed E-state index contributed by atoms with van der Waals surface area (Å²) in [5.74, 6) is 2.64. The van der Waals surface area contributed by atoms with Crippen molar-refractivity contribution in [3.05, 3.63) is 53.0 Å². The highest BCUT2D eigenvalue weighted by Crippen LogP contribution is 2.50. The number of aromatic nitrogens is 1. The third-order valence-electron chi connectivity index (χ3n) is 5.19. The van der Waals surface area contributed by atoms with Gasteiger partial charge in [-0.1, -0.05) is 38.1 Å². The monoisotopic (exact) mass is 360 g/mol. The standard InChI is InChI=1S/C23H22NOS/c1-13(2)10-17-11-16-12-24(4)21-19-14(3)8-9-15-6-5-7-18(20(15)19)25-22(21)23(16)26-17/h5-9,11-13H,10H2,1-4H3/q+1. The zero-order chi connectivity index (χ0) is 18.0. The first kappa shape index (κ1) is 15.8. The molecule has 0 fully saturated rings. The van der Waals surface area contributed by atoms with Crippen molar-refractivity contribution in [3.63, 3.8) is 0 Å². The molecule has 3 heteroatoms. The molecule has 2 aromatic heterocycles. The smallest absolute Gasteiger partial charge is 0.257 e. The number of fused-ring (bicyclic) bond motifs is 4. The molecule has 3 heterocycles. The molecule has 1 aliphatic heterocycles. The van der Waals surface area contributed by atoms with Crippen LogP contribution in [0.25, 0.3) is 32.1 Å². The highest BCUT2D eigenvalue weighted by Gasteiger charge is 2.31. The van der Waals surface area contributed by atoms with E-state index < -0.39 is 0 Å². The predicted octanol–water partition coefficient (Wildman–Crippen LogP) is 6.16. The normalized spacial score (nSPS) is 12.7. The summed E-state index contributed by atoms with van der Waals surface area (Å²) < 4.78 is 10.0. The van der Waals surface area contributed by atoms with Crippen LogP contribution < -0.4 is 9.30 Å². The zero-order valence-electron chi connectivity index (χ0n) is 15.6. The first-order valence-corrected chi connectivity index (χ1v) is 10.00. The number of hydrogen-bond acceptors (Lipinski definition) is 2. The third-order valence-corrected chi connectivity index (χ3v) is 6.36. The quantitative estimate of drug-likeness (QED) is 0.344. The molecule has 0 bridgehead atoms. The van der Waals surface area contributed by atoms with Crippen LogP contribution in [-0.4, -0.2) is 0 Å². The van der Waals surface area contributed by atoms with Crippen LogP contribution >= 0.6 is 11.3 Å². The van der Waals surface area contributed by atoms with Crippen molar-refractivity contribution in [1.29, 1.82) is 0 Å². The van der Waals surface area contributed by atoms with Gasteiger partial charge in [0.15, 0.2) is 6.20 Å². The van der Waals surface area contributed by atoms with E-state index in [1.807, 2.05) is 11.3 Å². The van der Waals surface area contributed by atoms with E-state index in [1.165, 1.54) is 42.6 Å². The van der Waals surface area contributed by atoms with Gasteiger partial charge in [-0.25, -0.2) is 0 Å². The first-order valence-electron chi connectivity index (χ1n) is 9.18. The largest absolute Gasteiger partial charge is 0.448 e. The fourth-order valence-corrected chi connectivity index (χ4v) is 5.44. The third kappa shape index (κ3) is 2.20. The Labute approximate surface area is 157 Å². The van der Waals surface area contributed by atoms with E-state index in [-0.39, 0.29) is 0 Å². The fourth-order valence-electron chi connectivity index (χ4n) is 4.11. The van der Waals surface area contributed by atoms with Crippen molar-refractivity contribution in [2.75, 3.05) is 0 Å². The van der Waals surface area contributed by atoms with Crippen LogP contribution in [-0.2, 0) is 13.5 Å². The van der Waals surface area contributed by atoms with E-state index in [4.69, 9.17) is 4.74 Å². The Kier molecular flexibility index (Phi) is 3.38. The number of ether oxygens (including phenoxy) is 1. The molecule has 26 heavy (non-hydrogen) atoms. The zero-order valence-corrected chi connectivity index (χ0v) is 16.4. The van der Waals surface area contributed by atoms with E-state index >= 15 is 0 Å². The minimum Gasteiger partial charge on any atom is -0.448 e. The maximum atomic E-state index is 6.51. The molecule has 0 spiro atoms. The fraction of sp³-hybridized carbons (Fsp3) is 0.261. The highest BCUT2D eigenvalue weighted by atomic mass is 32.1. The second-order valence-corrected chi connectivity index (χ2v) is 8.86. The average molecular weight is 361 g/mol. The van der Waals surface area contributed by atoms with Crippen LogP contribution in [0.15, 0.2) is 42.6 Å². The van der Waals surface area contributed by atoms with Gasteiger partial charge in [-0.05, 0) is 42.3 Å². The number of benzene rings is 2. The molecular formula is C23H22NOS+. The van der Waals surface area contributed by atoms with E-state index in [2.05, 4.69) is 75.0 Å². The van der Waals surface area contributed by atoms with Crippen LogP contribution in [0.4, 0.5) is 0 Å². The second kappa shape index (κ2) is 5.55. The van der Waals surface area contributed by atoms with Crippen molar-refractivity contribution in [1.82, 2.24) is 0 Å². The molecule has 4 aromatic rings. The molecule has 0 saturated heterocycles. The summed E-state index contributed by atoms with van der Waals surface area (Å²) in [4.78, 5) is 1.43. The highest BCUT2D eigenvalue weighted by molar-refractivity contribution is 7.19. The number of hydrogen-bond donors (Lipinski definition) is 0. The van der Waals surface area contributed by atoms with Crippen LogP contribution in [0.5, 0.6) is 11.5 Å². The molecule has 0 N–H and O–H groups in total. The summed E-state index contributed by atoms with van der Waals surface area (Å²) in [5.41, 5.74) is 3.79. The molecular weight excluding hydrogens is 338 g/mol. The summed E-state index contributed by atoms with van der Waals surface area (Å²) in [5, 5.41) is 3.74. The molecule has 0 saturated carbocycles. The van der Waals surface area contributed by atoms with Gasteiger partial charge in [-0.3, -0.25) is 0 Å². The van der Waals surface area contributed by atoms with E-state index in [0.29, 0.717) is 5.92 Å². The SMILES string of the molecule is Cc1ccc2cccc3c2c1-c1c(c2sc(CC(C)C)cc2c[n+]1C)O3. The topological polar surface area (TPSA) is 13.1 Å². The lowest BCUT2D eigenvalue weighted by molar-refractivity contribution is -0.659. The predicted molar refractivity (Wildman–Crippen MR) is 109 cm³/mol. The summed E-state index contributed by atoms with van der Waals surface area (Å²) in [6, 6.07) is 13.1. The van der Waals surface area contributed by atoms with Gasteiger partial charge in [-0.2, -0.15) is 4.57 Å². The van der Waals surface area contributed by atoms with Crippen molar-refractivity contribution in [3.8, 4) is 22.8 Å². The molecule has 0 amide bonds. The molecule has 0 aliphatic carbocycles. The summed E-state index contributed by atoms with van der Waals surface area (Å²) >= 11 is 1.88. The Hall–Kier alpha value is -2.39. The van der Waals surface area contributed by atoms with Gasteiger partial charge in [0.05, 0.1) is 15.6 Å². The number of pyridine rings is 1. The lowest BCUT2D eigenvalue weighted by atomic mass is 9.93. The van der Waals surface area contributed by atoms with Crippen LogP contribution in [0.1, 0.15) is 24.3 Å². The summed E-state index contributed by atoms with van der Waals surface area (Å²) in [6.07, 6.45) is 3.37. The van der Waals surface area contributed by atoms with E-state index in [9.17, 15) is 0 Å². The van der Waals surface area contributed by atoms with Crippen LogP contribution in [0, 0.1) is 12.8 Å². The number of thiophene rings is 1. The van der Waals surface area contributed by atoms with Crippen molar-refractivity contribution in [2.24, 2.45) is 13.0 Å². The van der Waals surface area contributed by atoms with Crippen molar-refractivity contribution < 1.29 is 9.30 Å². The van der Waals surface area contributed by atoms with Crippen molar-refractivity contribution in [2.45, 2.75) is 27.2 Å². The summed E-state index contributed by atoms with van der Waals surface area (Å²) in [7, 11) is 2.13. The van der Waals surface area contributed by atoms with Crippen LogP contribution in [0.2, 0.25) is 0 Å². The Morgan fingerprint density at radius 1 is 1.12 bits per heavy atom. The molecule has 2 nitrogen and oxygen atoms in total.